The lowest BCUT2D eigenvalue weighted by molar-refractivity contribution is -0.121. The molecule has 0 aliphatic rings. The van der Waals surface area contributed by atoms with E-state index in [1.165, 1.54) is 0 Å². The van der Waals surface area contributed by atoms with Gasteiger partial charge in [-0.1, -0.05) is 5.16 Å². The van der Waals surface area contributed by atoms with E-state index in [0.717, 1.165) is 24.2 Å². The minimum Gasteiger partial charge on any atom is -0.356 e. The Morgan fingerprint density at radius 1 is 1.47 bits per heavy atom. The number of aromatic nitrogens is 1. The normalized spacial score (nSPS) is 10.5. The van der Waals surface area contributed by atoms with Crippen molar-refractivity contribution < 1.29 is 9.32 Å². The molecule has 5 nitrogen and oxygen atoms in total. The number of carbonyl (C=O) groups excluding carboxylic acids is 1. The van der Waals surface area contributed by atoms with Gasteiger partial charge in [0.15, 0.2) is 0 Å². The van der Waals surface area contributed by atoms with Crippen LogP contribution in [0, 0.1) is 6.92 Å². The monoisotopic (exact) mass is 259 g/mol. The van der Waals surface area contributed by atoms with Crippen molar-refractivity contribution in [2.45, 2.75) is 26.2 Å². The van der Waals surface area contributed by atoms with Gasteiger partial charge in [-0.05, 0) is 45.0 Å². The molecule has 1 rings (SSSR count). The molecule has 6 heteroatoms. The third-order valence-electron chi connectivity index (χ3n) is 2.46. The Balaban J connectivity index is 2.24. The zero-order chi connectivity index (χ0) is 12.7. The van der Waals surface area contributed by atoms with Crippen LogP contribution in [0.4, 0.5) is 0 Å². The number of nitrogens with zero attached hydrogens (tertiary/aromatic N) is 1. The highest BCUT2D eigenvalue weighted by molar-refractivity contribution is 6.29. The number of halogens is 1. The van der Waals surface area contributed by atoms with Crippen molar-refractivity contribution in [2.75, 3.05) is 20.1 Å². The Morgan fingerprint density at radius 2 is 2.24 bits per heavy atom. The van der Waals surface area contributed by atoms with E-state index < -0.39 is 0 Å². The molecule has 1 aromatic rings. The summed E-state index contributed by atoms with van der Waals surface area (Å²) in [5.74, 6) is 0.0257. The van der Waals surface area contributed by atoms with E-state index in [2.05, 4.69) is 15.8 Å². The molecule has 1 aromatic heterocycles. The third-order valence-corrected chi connectivity index (χ3v) is 2.76. The predicted octanol–water partition coefficient (Wildman–Crippen LogP) is 1.29. The number of aryl methyl sites for hydroxylation is 1. The standard InChI is InChI=1S/C11H18ClN3O2/c1-8-9(11(12)17-15-8)4-5-10(16)14-7-3-6-13-2/h13H,3-7H2,1-2H3,(H,14,16). The zero-order valence-electron chi connectivity index (χ0n) is 10.2. The summed E-state index contributed by atoms with van der Waals surface area (Å²) in [4.78, 5) is 11.5. The van der Waals surface area contributed by atoms with Crippen LogP contribution >= 0.6 is 11.6 Å². The molecule has 0 saturated heterocycles. The second kappa shape index (κ2) is 7.29. The smallest absolute Gasteiger partial charge is 0.229 e. The van der Waals surface area contributed by atoms with Crippen LogP contribution in [-0.2, 0) is 11.2 Å². The topological polar surface area (TPSA) is 67.2 Å². The Bertz CT molecular complexity index is 346. The molecular formula is C11H18ClN3O2. The maximum absolute atomic E-state index is 11.5. The molecule has 96 valence electrons. The van der Waals surface area contributed by atoms with Crippen molar-refractivity contribution in [3.63, 3.8) is 0 Å². The summed E-state index contributed by atoms with van der Waals surface area (Å²) in [6.07, 6.45) is 1.89. The van der Waals surface area contributed by atoms with Gasteiger partial charge in [0.25, 0.3) is 0 Å². The summed E-state index contributed by atoms with van der Waals surface area (Å²) in [7, 11) is 1.89. The van der Waals surface area contributed by atoms with Crippen molar-refractivity contribution in [2.24, 2.45) is 0 Å². The summed E-state index contributed by atoms with van der Waals surface area (Å²) in [5.41, 5.74) is 1.56. The van der Waals surface area contributed by atoms with Crippen LogP contribution in [0.3, 0.4) is 0 Å². The number of carbonyl (C=O) groups is 1. The zero-order valence-corrected chi connectivity index (χ0v) is 10.9. The largest absolute Gasteiger partial charge is 0.356 e. The van der Waals surface area contributed by atoms with Crippen LogP contribution in [0.25, 0.3) is 0 Å². The molecule has 17 heavy (non-hydrogen) atoms. The van der Waals surface area contributed by atoms with Crippen LogP contribution < -0.4 is 10.6 Å². The average molecular weight is 260 g/mol. The Morgan fingerprint density at radius 3 is 2.82 bits per heavy atom. The Hall–Kier alpha value is -1.07. The van der Waals surface area contributed by atoms with Crippen LogP contribution in [-0.4, -0.2) is 31.2 Å². The van der Waals surface area contributed by atoms with Gasteiger partial charge in [0, 0.05) is 18.5 Å². The molecule has 0 spiro atoms. The lowest BCUT2D eigenvalue weighted by Crippen LogP contribution is -2.26. The molecule has 0 bridgehead atoms. The molecular weight excluding hydrogens is 242 g/mol. The number of hydrogen-bond acceptors (Lipinski definition) is 4. The van der Waals surface area contributed by atoms with Crippen molar-refractivity contribution in [3.8, 4) is 0 Å². The van der Waals surface area contributed by atoms with Gasteiger partial charge in [-0.25, -0.2) is 0 Å². The SMILES string of the molecule is CNCCCNC(=O)CCc1c(C)noc1Cl. The highest BCUT2D eigenvalue weighted by Crippen LogP contribution is 2.20. The average Bonchev–Trinajstić information content (AvgIpc) is 2.62. The van der Waals surface area contributed by atoms with E-state index in [1.807, 2.05) is 14.0 Å². The molecule has 0 unspecified atom stereocenters. The van der Waals surface area contributed by atoms with Gasteiger partial charge in [0.2, 0.25) is 11.1 Å². The molecule has 2 N–H and O–H groups in total. The van der Waals surface area contributed by atoms with Gasteiger partial charge < -0.3 is 15.2 Å². The molecule has 0 fully saturated rings. The predicted molar refractivity (Wildman–Crippen MR) is 66.1 cm³/mol. The minimum absolute atomic E-state index is 0.0257. The van der Waals surface area contributed by atoms with Gasteiger partial charge in [-0.15, -0.1) is 0 Å². The third kappa shape index (κ3) is 4.75. The first-order valence-corrected chi connectivity index (χ1v) is 6.05. The minimum atomic E-state index is 0.0257. The van der Waals surface area contributed by atoms with Crippen LogP contribution in [0.2, 0.25) is 5.22 Å². The van der Waals surface area contributed by atoms with Crippen LogP contribution in [0.15, 0.2) is 4.52 Å². The van der Waals surface area contributed by atoms with E-state index >= 15 is 0 Å². The van der Waals surface area contributed by atoms with Crippen molar-refractivity contribution in [1.29, 1.82) is 0 Å². The van der Waals surface area contributed by atoms with Crippen molar-refractivity contribution in [3.05, 3.63) is 16.5 Å². The Labute approximate surface area is 106 Å². The summed E-state index contributed by atoms with van der Waals surface area (Å²) >= 11 is 5.80. The van der Waals surface area contributed by atoms with E-state index in [-0.39, 0.29) is 11.1 Å². The summed E-state index contributed by atoms with van der Waals surface area (Å²) < 4.78 is 4.82. The first-order valence-electron chi connectivity index (χ1n) is 5.67. The quantitative estimate of drug-likeness (QED) is 0.725. The molecule has 1 heterocycles. The molecule has 0 atom stereocenters. The lowest BCUT2D eigenvalue weighted by atomic mass is 10.1. The second-order valence-electron chi connectivity index (χ2n) is 3.83. The van der Waals surface area contributed by atoms with Crippen LogP contribution in [0.5, 0.6) is 0 Å². The Kier molecular flexibility index (Phi) is 6.00. The lowest BCUT2D eigenvalue weighted by Gasteiger charge is -2.04. The van der Waals surface area contributed by atoms with Gasteiger partial charge in [-0.2, -0.15) is 0 Å². The number of rotatable bonds is 7. The summed E-state index contributed by atoms with van der Waals surface area (Å²) in [6.45, 7) is 3.41. The number of amides is 1. The van der Waals surface area contributed by atoms with E-state index in [1.54, 1.807) is 0 Å². The van der Waals surface area contributed by atoms with Gasteiger partial charge >= 0.3 is 0 Å². The highest BCUT2D eigenvalue weighted by atomic mass is 35.5. The second-order valence-corrected chi connectivity index (χ2v) is 4.17. The maximum Gasteiger partial charge on any atom is 0.229 e. The molecule has 0 aromatic carbocycles. The number of hydrogen-bond donors (Lipinski definition) is 2. The van der Waals surface area contributed by atoms with Gasteiger partial charge in [-0.3, -0.25) is 4.79 Å². The molecule has 0 aliphatic carbocycles. The van der Waals surface area contributed by atoms with Crippen molar-refractivity contribution >= 4 is 17.5 Å². The van der Waals surface area contributed by atoms with E-state index in [9.17, 15) is 4.79 Å². The van der Waals surface area contributed by atoms with Gasteiger partial charge in [0.05, 0.1) is 5.69 Å². The number of nitrogens with one attached hydrogen (secondary N) is 2. The van der Waals surface area contributed by atoms with Gasteiger partial charge in [0.1, 0.15) is 0 Å². The molecule has 0 radical (unpaired) electrons. The fourth-order valence-electron chi connectivity index (χ4n) is 1.46. The maximum atomic E-state index is 11.5. The first-order chi connectivity index (χ1) is 8.15. The highest BCUT2D eigenvalue weighted by Gasteiger charge is 2.12. The fourth-order valence-corrected chi connectivity index (χ4v) is 1.73. The molecule has 0 aliphatic heterocycles. The summed E-state index contributed by atoms with van der Waals surface area (Å²) in [6, 6.07) is 0. The fraction of sp³-hybridized carbons (Fsp3) is 0.636. The summed E-state index contributed by atoms with van der Waals surface area (Å²) in [5, 5.41) is 9.88. The van der Waals surface area contributed by atoms with Crippen LogP contribution in [0.1, 0.15) is 24.1 Å². The first kappa shape index (κ1) is 14.0. The molecule has 1 amide bonds. The molecule has 0 saturated carbocycles. The van der Waals surface area contributed by atoms with Crippen molar-refractivity contribution in [1.82, 2.24) is 15.8 Å². The van der Waals surface area contributed by atoms with E-state index in [0.29, 0.717) is 19.4 Å². The van der Waals surface area contributed by atoms with E-state index in [4.69, 9.17) is 16.1 Å².